The number of aryl methyl sites for hydroxylation is 2. The van der Waals surface area contributed by atoms with Crippen LogP contribution in [0.3, 0.4) is 0 Å². The van der Waals surface area contributed by atoms with Gasteiger partial charge in [-0.1, -0.05) is 6.07 Å². The zero-order chi connectivity index (χ0) is 19.8. The molecule has 8 heteroatoms. The maximum absolute atomic E-state index is 13.0. The molecule has 0 radical (unpaired) electrons. The minimum atomic E-state index is -0.164. The summed E-state index contributed by atoms with van der Waals surface area (Å²) in [6, 6.07) is 9.20. The van der Waals surface area contributed by atoms with E-state index in [4.69, 9.17) is 5.73 Å². The van der Waals surface area contributed by atoms with E-state index in [1.807, 2.05) is 44.2 Å². The van der Waals surface area contributed by atoms with Crippen molar-refractivity contribution in [2.45, 2.75) is 20.4 Å². The number of nitrogens with zero attached hydrogens (tertiary/aromatic N) is 5. The number of rotatable bonds is 3. The Morgan fingerprint density at radius 3 is 2.68 bits per heavy atom. The monoisotopic (exact) mass is 375 g/mol. The van der Waals surface area contributed by atoms with Crippen molar-refractivity contribution in [3.8, 4) is 0 Å². The highest BCUT2D eigenvalue weighted by Gasteiger charge is 2.31. The number of nitrogens with one attached hydrogen (secondary N) is 1. The Hall–Kier alpha value is -3.68. The highest BCUT2D eigenvalue weighted by atomic mass is 16.2. The fourth-order valence-electron chi connectivity index (χ4n) is 3.15. The number of nitrogen functional groups attached to an aromatic ring is 1. The molecule has 1 aromatic carbocycles. The highest BCUT2D eigenvalue weighted by Crippen LogP contribution is 2.32. The Morgan fingerprint density at radius 1 is 1.11 bits per heavy atom. The lowest BCUT2D eigenvalue weighted by molar-refractivity contribution is 0.251. The number of hydrogen-bond acceptors (Lipinski definition) is 6. The van der Waals surface area contributed by atoms with Gasteiger partial charge >= 0.3 is 6.03 Å². The molecule has 3 heterocycles. The van der Waals surface area contributed by atoms with Gasteiger partial charge in [-0.05, 0) is 43.7 Å². The Labute approximate surface area is 163 Å². The van der Waals surface area contributed by atoms with Crippen molar-refractivity contribution in [1.29, 1.82) is 0 Å². The molecule has 28 heavy (non-hydrogen) atoms. The lowest BCUT2D eigenvalue weighted by atomic mass is 10.1. The van der Waals surface area contributed by atoms with E-state index in [0.29, 0.717) is 24.0 Å². The predicted molar refractivity (Wildman–Crippen MR) is 110 cm³/mol. The van der Waals surface area contributed by atoms with Crippen LogP contribution in [0.4, 0.5) is 33.6 Å². The van der Waals surface area contributed by atoms with Crippen molar-refractivity contribution in [2.24, 2.45) is 0 Å². The Bertz CT molecular complexity index is 1050. The average Bonchev–Trinajstić information content (AvgIpc) is 2.69. The zero-order valence-corrected chi connectivity index (χ0v) is 16.0. The van der Waals surface area contributed by atoms with Crippen LogP contribution in [0.1, 0.15) is 16.8 Å². The van der Waals surface area contributed by atoms with Gasteiger partial charge in [-0.2, -0.15) is 4.98 Å². The molecule has 1 aliphatic rings. The number of anilines is 5. The van der Waals surface area contributed by atoms with Crippen LogP contribution in [0, 0.1) is 13.8 Å². The minimum Gasteiger partial charge on any atom is -0.399 e. The summed E-state index contributed by atoms with van der Waals surface area (Å²) in [6.45, 7) is 4.26. The molecule has 0 spiro atoms. The van der Waals surface area contributed by atoms with Gasteiger partial charge in [-0.3, -0.25) is 14.8 Å². The van der Waals surface area contributed by atoms with Crippen LogP contribution in [-0.2, 0) is 6.54 Å². The standard InChI is InChI=1S/C20H21N7O/c1-12-4-6-15(21)8-17(12)27-11-14-9-23-19(25-18(14)26(3)20(27)28)24-16-7-5-13(2)22-10-16/h4-10H,11,21H2,1-3H3,(H,23,24,25). The molecule has 2 aromatic heterocycles. The minimum absolute atomic E-state index is 0.164. The van der Waals surface area contributed by atoms with E-state index in [9.17, 15) is 4.79 Å². The second kappa shape index (κ2) is 6.80. The molecule has 0 saturated heterocycles. The largest absolute Gasteiger partial charge is 0.399 e. The predicted octanol–water partition coefficient (Wildman–Crippen LogP) is 3.39. The molecule has 0 unspecified atom stereocenters. The molecule has 0 saturated carbocycles. The van der Waals surface area contributed by atoms with Crippen molar-refractivity contribution in [3.63, 3.8) is 0 Å². The third kappa shape index (κ3) is 3.20. The summed E-state index contributed by atoms with van der Waals surface area (Å²) >= 11 is 0. The Morgan fingerprint density at radius 2 is 1.93 bits per heavy atom. The number of carbonyl (C=O) groups is 1. The molecule has 0 bridgehead atoms. The summed E-state index contributed by atoms with van der Waals surface area (Å²) in [4.78, 5) is 29.4. The number of benzene rings is 1. The maximum Gasteiger partial charge on any atom is 0.330 e. The Kier molecular flexibility index (Phi) is 4.31. The smallest absolute Gasteiger partial charge is 0.330 e. The molecule has 8 nitrogen and oxygen atoms in total. The molecule has 3 N–H and O–H groups in total. The third-order valence-electron chi connectivity index (χ3n) is 4.70. The van der Waals surface area contributed by atoms with Crippen LogP contribution in [0.2, 0.25) is 0 Å². The number of amides is 2. The number of hydrogen-bond donors (Lipinski definition) is 2. The van der Waals surface area contributed by atoms with Crippen molar-refractivity contribution in [2.75, 3.05) is 27.9 Å². The van der Waals surface area contributed by atoms with Crippen LogP contribution >= 0.6 is 0 Å². The van der Waals surface area contributed by atoms with Crippen LogP contribution in [0.15, 0.2) is 42.7 Å². The van der Waals surface area contributed by atoms with Crippen LogP contribution in [0.25, 0.3) is 0 Å². The van der Waals surface area contributed by atoms with Gasteiger partial charge in [0, 0.05) is 30.2 Å². The van der Waals surface area contributed by atoms with Gasteiger partial charge in [0.25, 0.3) is 0 Å². The highest BCUT2D eigenvalue weighted by molar-refractivity contribution is 6.05. The topological polar surface area (TPSA) is 100 Å². The first kappa shape index (κ1) is 17.7. The summed E-state index contributed by atoms with van der Waals surface area (Å²) in [5, 5.41) is 3.12. The first-order chi connectivity index (χ1) is 13.4. The molecule has 2 amide bonds. The van der Waals surface area contributed by atoms with Gasteiger partial charge < -0.3 is 11.1 Å². The van der Waals surface area contributed by atoms with Crippen LogP contribution in [0.5, 0.6) is 0 Å². The third-order valence-corrected chi connectivity index (χ3v) is 4.70. The summed E-state index contributed by atoms with van der Waals surface area (Å²) in [5.41, 5.74) is 10.9. The average molecular weight is 375 g/mol. The van der Waals surface area contributed by atoms with Crippen LogP contribution in [-0.4, -0.2) is 28.0 Å². The van der Waals surface area contributed by atoms with E-state index in [-0.39, 0.29) is 6.03 Å². The van der Waals surface area contributed by atoms with E-state index in [1.165, 1.54) is 4.90 Å². The van der Waals surface area contributed by atoms with Gasteiger partial charge in [0.1, 0.15) is 5.82 Å². The number of fused-ring (bicyclic) bond motifs is 1. The van der Waals surface area contributed by atoms with E-state index in [0.717, 1.165) is 28.2 Å². The number of urea groups is 1. The summed E-state index contributed by atoms with van der Waals surface area (Å²) < 4.78 is 0. The molecule has 0 aliphatic carbocycles. The zero-order valence-electron chi connectivity index (χ0n) is 16.0. The van der Waals surface area contributed by atoms with Crippen molar-refractivity contribution >= 4 is 34.9 Å². The molecular weight excluding hydrogens is 354 g/mol. The van der Waals surface area contributed by atoms with Crippen LogP contribution < -0.4 is 20.9 Å². The first-order valence-electron chi connectivity index (χ1n) is 8.89. The molecule has 0 fully saturated rings. The van der Waals surface area contributed by atoms with E-state index in [2.05, 4.69) is 20.3 Å². The van der Waals surface area contributed by atoms with Gasteiger partial charge in [-0.15, -0.1) is 0 Å². The first-order valence-corrected chi connectivity index (χ1v) is 8.89. The number of nitrogens with two attached hydrogens (primary N) is 1. The normalized spacial score (nSPS) is 13.5. The molecule has 3 aromatic rings. The maximum atomic E-state index is 13.0. The summed E-state index contributed by atoms with van der Waals surface area (Å²) in [5.74, 6) is 0.998. The SMILES string of the molecule is Cc1ccc(Nc2ncc3c(n2)N(C)C(=O)N(c2cc(N)ccc2C)C3)cn1. The molecule has 1 aliphatic heterocycles. The quantitative estimate of drug-likeness (QED) is 0.681. The van der Waals surface area contributed by atoms with E-state index in [1.54, 1.807) is 24.3 Å². The molecule has 0 atom stereocenters. The van der Waals surface area contributed by atoms with Crippen molar-refractivity contribution in [1.82, 2.24) is 15.0 Å². The fraction of sp³-hybridized carbons (Fsp3) is 0.200. The number of carbonyl (C=O) groups excluding carboxylic acids is 1. The summed E-state index contributed by atoms with van der Waals surface area (Å²) in [7, 11) is 1.71. The number of aromatic nitrogens is 3. The number of pyridine rings is 1. The van der Waals surface area contributed by atoms with Crippen molar-refractivity contribution in [3.05, 3.63) is 59.5 Å². The lowest BCUT2D eigenvalue weighted by Gasteiger charge is -2.34. The second-order valence-corrected chi connectivity index (χ2v) is 6.83. The summed E-state index contributed by atoms with van der Waals surface area (Å²) in [6.07, 6.45) is 3.46. The Balaban J connectivity index is 1.65. The van der Waals surface area contributed by atoms with Crippen molar-refractivity contribution < 1.29 is 4.79 Å². The molecule has 4 rings (SSSR count). The van der Waals surface area contributed by atoms with Gasteiger partial charge in [0.15, 0.2) is 0 Å². The van der Waals surface area contributed by atoms with E-state index >= 15 is 0 Å². The van der Waals surface area contributed by atoms with Gasteiger partial charge in [0.2, 0.25) is 5.95 Å². The second-order valence-electron chi connectivity index (χ2n) is 6.83. The van der Waals surface area contributed by atoms with Gasteiger partial charge in [0.05, 0.1) is 24.1 Å². The van der Waals surface area contributed by atoms with E-state index < -0.39 is 0 Å². The molecular formula is C20H21N7O. The fourth-order valence-corrected chi connectivity index (χ4v) is 3.15. The lowest BCUT2D eigenvalue weighted by Crippen LogP contribution is -2.46. The van der Waals surface area contributed by atoms with Gasteiger partial charge in [-0.25, -0.2) is 9.78 Å². The molecule has 142 valence electrons.